The molecule has 25 heavy (non-hydrogen) atoms. The molecular weight excluding hydrogens is 325 g/mol. The van der Waals surface area contributed by atoms with E-state index in [1.54, 1.807) is 17.0 Å². The van der Waals surface area contributed by atoms with Gasteiger partial charge in [-0.3, -0.25) is 4.79 Å². The van der Waals surface area contributed by atoms with Crippen LogP contribution in [0.2, 0.25) is 0 Å². The molecule has 0 bridgehead atoms. The summed E-state index contributed by atoms with van der Waals surface area (Å²) in [5.41, 5.74) is 0. The van der Waals surface area contributed by atoms with Crippen LogP contribution in [0, 0.1) is 5.82 Å². The molecule has 1 aromatic rings. The lowest BCUT2D eigenvalue weighted by atomic mass is 10.2. The van der Waals surface area contributed by atoms with Crippen molar-refractivity contribution in [2.75, 3.05) is 19.6 Å². The number of nitrogens with zero attached hydrogens (tertiary/aromatic N) is 1. The van der Waals surface area contributed by atoms with Crippen LogP contribution in [0.4, 0.5) is 9.18 Å². The number of nitrogens with one attached hydrogen (secondary N) is 2. The van der Waals surface area contributed by atoms with Crippen molar-refractivity contribution in [1.29, 1.82) is 0 Å². The zero-order chi connectivity index (χ0) is 18.2. The number of halogens is 1. The quantitative estimate of drug-likeness (QED) is 0.792. The fraction of sp³-hybridized carbons (Fsp3) is 0.556. The van der Waals surface area contributed by atoms with Crippen LogP contribution >= 0.6 is 0 Å². The van der Waals surface area contributed by atoms with Crippen LogP contribution in [0.3, 0.4) is 0 Å². The van der Waals surface area contributed by atoms with Gasteiger partial charge in [0, 0.05) is 38.0 Å². The van der Waals surface area contributed by atoms with E-state index in [-0.39, 0.29) is 36.3 Å². The summed E-state index contributed by atoms with van der Waals surface area (Å²) in [6.07, 6.45) is 1.67. The van der Waals surface area contributed by atoms with Crippen LogP contribution in [0.1, 0.15) is 33.1 Å². The summed E-state index contributed by atoms with van der Waals surface area (Å²) >= 11 is 0. The molecule has 1 fully saturated rings. The third-order valence-electron chi connectivity index (χ3n) is 4.18. The summed E-state index contributed by atoms with van der Waals surface area (Å²) in [5.74, 6) is 0.0538. The van der Waals surface area contributed by atoms with E-state index >= 15 is 0 Å². The van der Waals surface area contributed by atoms with Crippen molar-refractivity contribution in [2.24, 2.45) is 0 Å². The summed E-state index contributed by atoms with van der Waals surface area (Å²) in [4.78, 5) is 25.4. The molecule has 0 saturated carbocycles. The van der Waals surface area contributed by atoms with Crippen LogP contribution in [0.5, 0.6) is 5.75 Å². The third kappa shape index (κ3) is 6.25. The Morgan fingerprint density at radius 1 is 1.44 bits per heavy atom. The number of likely N-dealkylation sites (tertiary alicyclic amines) is 1. The van der Waals surface area contributed by atoms with Crippen LogP contribution < -0.4 is 15.4 Å². The Balaban J connectivity index is 1.68. The highest BCUT2D eigenvalue weighted by Crippen LogP contribution is 2.19. The van der Waals surface area contributed by atoms with E-state index in [0.717, 1.165) is 6.42 Å². The van der Waals surface area contributed by atoms with Gasteiger partial charge in [0.15, 0.2) is 0 Å². The van der Waals surface area contributed by atoms with E-state index in [0.29, 0.717) is 31.8 Å². The Bertz CT molecular complexity index is 597. The molecule has 7 heteroatoms. The summed E-state index contributed by atoms with van der Waals surface area (Å²) in [7, 11) is 0. The molecule has 2 atom stereocenters. The SMILES string of the molecule is CCC(C)NC(=O)CCNC(=O)N1CCC(Oc2cccc(F)c2)C1. The molecule has 1 aliphatic rings. The number of carbonyl (C=O) groups excluding carboxylic acids is 2. The molecule has 2 unspecified atom stereocenters. The van der Waals surface area contributed by atoms with Crippen molar-refractivity contribution in [3.8, 4) is 5.75 Å². The van der Waals surface area contributed by atoms with Crippen LogP contribution in [0.15, 0.2) is 24.3 Å². The van der Waals surface area contributed by atoms with Gasteiger partial charge < -0.3 is 20.3 Å². The topological polar surface area (TPSA) is 70.7 Å². The Hall–Kier alpha value is -2.31. The van der Waals surface area contributed by atoms with Gasteiger partial charge in [-0.2, -0.15) is 0 Å². The van der Waals surface area contributed by atoms with Gasteiger partial charge in [0.2, 0.25) is 5.91 Å². The van der Waals surface area contributed by atoms with Gasteiger partial charge in [-0.1, -0.05) is 13.0 Å². The maximum Gasteiger partial charge on any atom is 0.317 e. The average molecular weight is 351 g/mol. The largest absolute Gasteiger partial charge is 0.488 e. The van der Waals surface area contributed by atoms with Crippen LogP contribution in [-0.2, 0) is 4.79 Å². The van der Waals surface area contributed by atoms with Gasteiger partial charge in [0.05, 0.1) is 6.54 Å². The highest BCUT2D eigenvalue weighted by Gasteiger charge is 2.27. The number of carbonyl (C=O) groups is 2. The smallest absolute Gasteiger partial charge is 0.317 e. The molecule has 1 aromatic carbocycles. The minimum absolute atomic E-state index is 0.0663. The predicted octanol–water partition coefficient (Wildman–Crippen LogP) is 2.29. The van der Waals surface area contributed by atoms with Crippen molar-refractivity contribution in [1.82, 2.24) is 15.5 Å². The van der Waals surface area contributed by atoms with Crippen molar-refractivity contribution in [3.63, 3.8) is 0 Å². The van der Waals surface area contributed by atoms with Gasteiger partial charge in [0.1, 0.15) is 17.7 Å². The predicted molar refractivity (Wildman–Crippen MR) is 92.9 cm³/mol. The van der Waals surface area contributed by atoms with Crippen molar-refractivity contribution >= 4 is 11.9 Å². The molecule has 0 aromatic heterocycles. The Labute approximate surface area is 147 Å². The van der Waals surface area contributed by atoms with Crippen LogP contribution in [0.25, 0.3) is 0 Å². The number of hydrogen-bond donors (Lipinski definition) is 2. The normalized spacial score (nSPS) is 17.9. The number of urea groups is 1. The molecule has 0 radical (unpaired) electrons. The summed E-state index contributed by atoms with van der Waals surface area (Å²) in [6.45, 7) is 5.27. The molecule has 2 rings (SSSR count). The molecule has 2 N–H and O–H groups in total. The average Bonchev–Trinajstić information content (AvgIpc) is 3.03. The first-order valence-corrected chi connectivity index (χ1v) is 8.72. The monoisotopic (exact) mass is 351 g/mol. The van der Waals surface area contributed by atoms with Gasteiger partial charge in [0.25, 0.3) is 0 Å². The van der Waals surface area contributed by atoms with E-state index in [2.05, 4.69) is 10.6 Å². The van der Waals surface area contributed by atoms with E-state index in [4.69, 9.17) is 4.74 Å². The van der Waals surface area contributed by atoms with E-state index in [1.165, 1.54) is 12.1 Å². The fourth-order valence-electron chi connectivity index (χ4n) is 2.59. The van der Waals surface area contributed by atoms with Crippen LogP contribution in [-0.4, -0.2) is 48.6 Å². The van der Waals surface area contributed by atoms with Crippen molar-refractivity contribution < 1.29 is 18.7 Å². The van der Waals surface area contributed by atoms with Gasteiger partial charge in [-0.15, -0.1) is 0 Å². The zero-order valence-corrected chi connectivity index (χ0v) is 14.8. The third-order valence-corrected chi connectivity index (χ3v) is 4.18. The standard InChI is InChI=1S/C18H26FN3O3/c1-3-13(2)21-17(23)7-9-20-18(24)22-10-8-16(12-22)25-15-6-4-5-14(19)11-15/h4-6,11,13,16H,3,7-10,12H2,1-2H3,(H,20,24)(H,21,23). The first-order chi connectivity index (χ1) is 12.0. The molecule has 1 saturated heterocycles. The lowest BCUT2D eigenvalue weighted by Crippen LogP contribution is -2.41. The summed E-state index contributed by atoms with van der Waals surface area (Å²) < 4.78 is 18.9. The Morgan fingerprint density at radius 2 is 2.24 bits per heavy atom. The van der Waals surface area contributed by atoms with Crippen molar-refractivity contribution in [3.05, 3.63) is 30.1 Å². The molecule has 3 amide bonds. The van der Waals surface area contributed by atoms with Gasteiger partial charge in [-0.05, 0) is 25.5 Å². The maximum absolute atomic E-state index is 13.2. The molecular formula is C18H26FN3O3. The van der Waals surface area contributed by atoms with E-state index in [1.807, 2.05) is 13.8 Å². The Kier molecular flexibility index (Phi) is 7.03. The summed E-state index contributed by atoms with van der Waals surface area (Å²) in [5, 5.41) is 5.61. The second-order valence-electron chi connectivity index (χ2n) is 6.29. The second kappa shape index (κ2) is 9.25. The summed E-state index contributed by atoms with van der Waals surface area (Å²) in [6, 6.07) is 5.91. The highest BCUT2D eigenvalue weighted by molar-refractivity contribution is 5.78. The molecule has 6 nitrogen and oxygen atoms in total. The second-order valence-corrected chi connectivity index (χ2v) is 6.29. The lowest BCUT2D eigenvalue weighted by molar-refractivity contribution is -0.121. The first-order valence-electron chi connectivity index (χ1n) is 8.72. The van der Waals surface area contributed by atoms with E-state index in [9.17, 15) is 14.0 Å². The molecule has 0 spiro atoms. The number of rotatable bonds is 7. The van der Waals surface area contributed by atoms with Gasteiger partial charge >= 0.3 is 6.03 Å². The zero-order valence-electron chi connectivity index (χ0n) is 14.8. The van der Waals surface area contributed by atoms with Crippen molar-refractivity contribution in [2.45, 2.75) is 45.3 Å². The lowest BCUT2D eigenvalue weighted by Gasteiger charge is -2.18. The van der Waals surface area contributed by atoms with Gasteiger partial charge in [-0.25, -0.2) is 9.18 Å². The molecule has 138 valence electrons. The molecule has 1 aliphatic heterocycles. The molecule has 1 heterocycles. The molecule has 0 aliphatic carbocycles. The minimum Gasteiger partial charge on any atom is -0.488 e. The number of ether oxygens (including phenoxy) is 1. The van der Waals surface area contributed by atoms with E-state index < -0.39 is 0 Å². The maximum atomic E-state index is 13.2. The fourth-order valence-corrected chi connectivity index (χ4v) is 2.59. The highest BCUT2D eigenvalue weighted by atomic mass is 19.1. The number of hydrogen-bond acceptors (Lipinski definition) is 3. The Morgan fingerprint density at radius 3 is 2.96 bits per heavy atom. The minimum atomic E-state index is -0.347. The number of benzene rings is 1. The number of amides is 3. The first kappa shape index (κ1) is 19.0.